The van der Waals surface area contributed by atoms with Gasteiger partial charge in [0.2, 0.25) is 5.91 Å². The molecule has 1 saturated heterocycles. The molecule has 1 amide bonds. The van der Waals surface area contributed by atoms with E-state index in [4.69, 9.17) is 4.74 Å². The fraction of sp³-hybridized carbons (Fsp3) is 0.750. The molecule has 22 heavy (non-hydrogen) atoms. The van der Waals surface area contributed by atoms with Crippen LogP contribution in [0.1, 0.15) is 45.2 Å². The fourth-order valence-corrected chi connectivity index (χ4v) is 2.58. The lowest BCUT2D eigenvalue weighted by Gasteiger charge is -2.32. The van der Waals surface area contributed by atoms with Crippen molar-refractivity contribution in [2.75, 3.05) is 26.3 Å². The summed E-state index contributed by atoms with van der Waals surface area (Å²) in [5.74, 6) is 0.109. The van der Waals surface area contributed by atoms with E-state index in [1.807, 2.05) is 17.1 Å². The summed E-state index contributed by atoms with van der Waals surface area (Å²) >= 11 is 0. The van der Waals surface area contributed by atoms with Gasteiger partial charge in [0.25, 0.3) is 0 Å². The number of amides is 1. The minimum absolute atomic E-state index is 0.109. The van der Waals surface area contributed by atoms with Crippen LogP contribution in [0.15, 0.2) is 12.4 Å². The molecule has 1 aromatic heterocycles. The van der Waals surface area contributed by atoms with Gasteiger partial charge in [-0.2, -0.15) is 5.10 Å². The Bertz CT molecular complexity index is 466. The predicted molar refractivity (Wildman–Crippen MR) is 85.5 cm³/mol. The highest BCUT2D eigenvalue weighted by atomic mass is 16.5. The van der Waals surface area contributed by atoms with Crippen LogP contribution in [0, 0.1) is 0 Å². The molecule has 0 radical (unpaired) electrons. The third kappa shape index (κ3) is 5.10. The van der Waals surface area contributed by atoms with Gasteiger partial charge in [0.1, 0.15) is 0 Å². The highest BCUT2D eigenvalue weighted by Crippen LogP contribution is 2.09. The second kappa shape index (κ2) is 8.29. The Morgan fingerprint density at radius 1 is 1.36 bits per heavy atom. The van der Waals surface area contributed by atoms with E-state index in [9.17, 15) is 4.79 Å². The summed E-state index contributed by atoms with van der Waals surface area (Å²) < 4.78 is 7.26. The average Bonchev–Trinajstić information content (AvgIpc) is 3.00. The fourth-order valence-electron chi connectivity index (χ4n) is 2.58. The Kier molecular flexibility index (Phi) is 6.39. The molecule has 6 nitrogen and oxygen atoms in total. The zero-order valence-electron chi connectivity index (χ0n) is 13.9. The molecular formula is C16H28N4O2. The summed E-state index contributed by atoms with van der Waals surface area (Å²) in [6, 6.07) is 0.775. The molecule has 1 fully saturated rings. The van der Waals surface area contributed by atoms with E-state index in [2.05, 4.69) is 36.1 Å². The van der Waals surface area contributed by atoms with Gasteiger partial charge in [0.05, 0.1) is 19.4 Å². The number of hydrogen-bond donors (Lipinski definition) is 1. The molecule has 6 heteroatoms. The number of carbonyl (C=O) groups excluding carboxylic acids is 1. The van der Waals surface area contributed by atoms with Gasteiger partial charge < -0.3 is 10.1 Å². The smallest absolute Gasteiger partial charge is 0.220 e. The SMILES string of the molecule is CC(C)n1cc(CNC(=O)CC[C@H](C)N2CCOCC2)cn1. The van der Waals surface area contributed by atoms with Crippen molar-refractivity contribution in [3.05, 3.63) is 18.0 Å². The normalized spacial score (nSPS) is 17.6. The summed E-state index contributed by atoms with van der Waals surface area (Å²) in [5, 5.41) is 7.25. The first kappa shape index (κ1) is 17.0. The topological polar surface area (TPSA) is 59.4 Å². The van der Waals surface area contributed by atoms with Crippen LogP contribution in [-0.2, 0) is 16.1 Å². The molecule has 1 aliphatic heterocycles. The zero-order chi connectivity index (χ0) is 15.9. The van der Waals surface area contributed by atoms with E-state index in [0.717, 1.165) is 38.3 Å². The van der Waals surface area contributed by atoms with Gasteiger partial charge in [-0.25, -0.2) is 0 Å². The number of nitrogens with one attached hydrogen (secondary N) is 1. The van der Waals surface area contributed by atoms with Crippen LogP contribution in [-0.4, -0.2) is 52.9 Å². The van der Waals surface area contributed by atoms with Gasteiger partial charge in [-0.05, 0) is 27.2 Å². The molecule has 1 N–H and O–H groups in total. The molecule has 0 spiro atoms. The first-order chi connectivity index (χ1) is 10.6. The van der Waals surface area contributed by atoms with E-state index in [-0.39, 0.29) is 5.91 Å². The van der Waals surface area contributed by atoms with E-state index in [0.29, 0.717) is 25.0 Å². The molecule has 1 aromatic rings. The molecule has 0 unspecified atom stereocenters. The van der Waals surface area contributed by atoms with Crippen molar-refractivity contribution in [1.29, 1.82) is 0 Å². The quantitative estimate of drug-likeness (QED) is 0.831. The molecule has 1 atom stereocenters. The Hall–Kier alpha value is -1.40. The second-order valence-electron chi connectivity index (χ2n) is 6.24. The minimum atomic E-state index is 0.109. The van der Waals surface area contributed by atoms with E-state index >= 15 is 0 Å². The highest BCUT2D eigenvalue weighted by molar-refractivity contribution is 5.75. The van der Waals surface area contributed by atoms with Crippen molar-refractivity contribution < 1.29 is 9.53 Å². The number of morpholine rings is 1. The summed E-state index contributed by atoms with van der Waals surface area (Å²) in [5.41, 5.74) is 1.04. The number of carbonyl (C=O) groups is 1. The molecule has 2 heterocycles. The van der Waals surface area contributed by atoms with Gasteiger partial charge in [0, 0.05) is 49.9 Å². The lowest BCUT2D eigenvalue weighted by atomic mass is 10.1. The maximum Gasteiger partial charge on any atom is 0.220 e. The Balaban J connectivity index is 1.66. The van der Waals surface area contributed by atoms with Gasteiger partial charge in [0.15, 0.2) is 0 Å². The number of hydrogen-bond acceptors (Lipinski definition) is 4. The number of nitrogens with zero attached hydrogens (tertiary/aromatic N) is 3. The van der Waals surface area contributed by atoms with Crippen LogP contribution < -0.4 is 5.32 Å². The Morgan fingerprint density at radius 2 is 2.09 bits per heavy atom. The molecule has 124 valence electrons. The van der Waals surface area contributed by atoms with Gasteiger partial charge in [-0.1, -0.05) is 0 Å². The average molecular weight is 308 g/mol. The van der Waals surface area contributed by atoms with Crippen LogP contribution in [0.2, 0.25) is 0 Å². The maximum atomic E-state index is 12.0. The number of ether oxygens (including phenoxy) is 1. The number of rotatable bonds is 7. The molecule has 1 aliphatic rings. The summed E-state index contributed by atoms with van der Waals surface area (Å²) in [7, 11) is 0. The van der Waals surface area contributed by atoms with Crippen molar-refractivity contribution in [1.82, 2.24) is 20.0 Å². The first-order valence-corrected chi connectivity index (χ1v) is 8.18. The van der Waals surface area contributed by atoms with Crippen LogP contribution in [0.25, 0.3) is 0 Å². The zero-order valence-corrected chi connectivity index (χ0v) is 13.9. The van der Waals surface area contributed by atoms with Gasteiger partial charge in [-0.15, -0.1) is 0 Å². The Labute approximate surface area is 132 Å². The van der Waals surface area contributed by atoms with E-state index in [1.165, 1.54) is 0 Å². The minimum Gasteiger partial charge on any atom is -0.379 e. The van der Waals surface area contributed by atoms with Crippen molar-refractivity contribution in [2.45, 2.75) is 52.2 Å². The van der Waals surface area contributed by atoms with E-state index in [1.54, 1.807) is 0 Å². The summed E-state index contributed by atoms with van der Waals surface area (Å²) in [6.45, 7) is 10.5. The van der Waals surface area contributed by atoms with Crippen LogP contribution >= 0.6 is 0 Å². The van der Waals surface area contributed by atoms with Gasteiger partial charge in [-0.3, -0.25) is 14.4 Å². The van der Waals surface area contributed by atoms with Crippen LogP contribution in [0.3, 0.4) is 0 Å². The predicted octanol–water partition coefficient (Wildman–Crippen LogP) is 1.58. The van der Waals surface area contributed by atoms with Gasteiger partial charge >= 0.3 is 0 Å². The number of aromatic nitrogens is 2. The molecule has 0 bridgehead atoms. The van der Waals surface area contributed by atoms with E-state index < -0.39 is 0 Å². The molecule has 2 rings (SSSR count). The molecule has 0 saturated carbocycles. The lowest BCUT2D eigenvalue weighted by molar-refractivity contribution is -0.121. The second-order valence-corrected chi connectivity index (χ2v) is 6.24. The third-order valence-electron chi connectivity index (χ3n) is 4.13. The Morgan fingerprint density at radius 3 is 2.73 bits per heavy atom. The van der Waals surface area contributed by atoms with Crippen molar-refractivity contribution in [3.8, 4) is 0 Å². The highest BCUT2D eigenvalue weighted by Gasteiger charge is 2.17. The molecular weight excluding hydrogens is 280 g/mol. The summed E-state index contributed by atoms with van der Waals surface area (Å²) in [6.07, 6.45) is 5.26. The van der Waals surface area contributed by atoms with Crippen molar-refractivity contribution in [2.24, 2.45) is 0 Å². The van der Waals surface area contributed by atoms with Crippen LogP contribution in [0.4, 0.5) is 0 Å². The van der Waals surface area contributed by atoms with Crippen molar-refractivity contribution in [3.63, 3.8) is 0 Å². The van der Waals surface area contributed by atoms with Crippen LogP contribution in [0.5, 0.6) is 0 Å². The largest absolute Gasteiger partial charge is 0.379 e. The summed E-state index contributed by atoms with van der Waals surface area (Å²) in [4.78, 5) is 14.4. The molecule has 0 aromatic carbocycles. The third-order valence-corrected chi connectivity index (χ3v) is 4.13. The molecule has 0 aliphatic carbocycles. The maximum absolute atomic E-state index is 12.0. The van der Waals surface area contributed by atoms with Crippen molar-refractivity contribution >= 4 is 5.91 Å². The standard InChI is InChI=1S/C16H28N4O2/c1-13(2)20-12-15(11-18-20)10-17-16(21)5-4-14(3)19-6-8-22-9-7-19/h11-14H,4-10H2,1-3H3,(H,17,21)/t14-/m0/s1. The first-order valence-electron chi connectivity index (χ1n) is 8.18. The lowest BCUT2D eigenvalue weighted by Crippen LogP contribution is -2.42. The monoisotopic (exact) mass is 308 g/mol.